The molecule has 0 unspecified atom stereocenters. The molecule has 0 saturated heterocycles. The summed E-state index contributed by atoms with van der Waals surface area (Å²) in [7, 11) is 0. The van der Waals surface area contributed by atoms with E-state index in [4.69, 9.17) is 15.0 Å². The summed E-state index contributed by atoms with van der Waals surface area (Å²) in [5.41, 5.74) is 13.5. The van der Waals surface area contributed by atoms with Gasteiger partial charge in [0.15, 0.2) is 5.82 Å². The van der Waals surface area contributed by atoms with E-state index in [1.54, 1.807) is 0 Å². The smallest absolute Gasteiger partial charge is 0.160 e. The van der Waals surface area contributed by atoms with E-state index >= 15 is 0 Å². The van der Waals surface area contributed by atoms with Crippen LogP contribution in [0.25, 0.3) is 89.3 Å². The maximum Gasteiger partial charge on any atom is 0.160 e. The Morgan fingerprint density at radius 2 is 0.750 bits per heavy atom. The van der Waals surface area contributed by atoms with Crippen LogP contribution in [0.1, 0.15) is 0 Å². The van der Waals surface area contributed by atoms with Gasteiger partial charge >= 0.3 is 0 Å². The molecule has 52 heavy (non-hydrogen) atoms. The van der Waals surface area contributed by atoms with Gasteiger partial charge in [-0.2, -0.15) is 0 Å². The van der Waals surface area contributed by atoms with Crippen molar-refractivity contribution in [3.8, 4) is 78.5 Å². The summed E-state index contributed by atoms with van der Waals surface area (Å²) in [6, 6.07) is 67.9. The lowest BCUT2D eigenvalue weighted by molar-refractivity contribution is 1.18. The van der Waals surface area contributed by atoms with Gasteiger partial charge in [0.2, 0.25) is 0 Å². The Morgan fingerprint density at radius 1 is 0.288 bits per heavy atom. The largest absolute Gasteiger partial charge is 0.256 e. The fourth-order valence-corrected chi connectivity index (χ4v) is 6.89. The number of rotatable bonds is 7. The highest BCUT2D eigenvalue weighted by Crippen LogP contribution is 2.36. The summed E-state index contributed by atoms with van der Waals surface area (Å²) in [5, 5.41) is 2.27. The van der Waals surface area contributed by atoms with Gasteiger partial charge in [-0.3, -0.25) is 4.98 Å². The molecule has 0 bridgehead atoms. The monoisotopic (exact) mass is 663 g/mol. The zero-order valence-electron chi connectivity index (χ0n) is 28.4. The number of aromatic nitrogens is 3. The van der Waals surface area contributed by atoms with Gasteiger partial charge in [0.05, 0.1) is 17.1 Å². The number of benzene rings is 7. The van der Waals surface area contributed by atoms with Crippen LogP contribution in [-0.2, 0) is 0 Å². The fourth-order valence-electron chi connectivity index (χ4n) is 6.89. The molecule has 0 amide bonds. The zero-order chi connectivity index (χ0) is 34.7. The van der Waals surface area contributed by atoms with E-state index < -0.39 is 0 Å². The Bertz CT molecular complexity index is 2610. The second-order valence-corrected chi connectivity index (χ2v) is 12.9. The Balaban J connectivity index is 1.25. The molecule has 0 aliphatic carbocycles. The molecular formula is C49H33N3. The first-order valence-electron chi connectivity index (χ1n) is 17.5. The van der Waals surface area contributed by atoms with Crippen molar-refractivity contribution in [2.75, 3.05) is 0 Å². The summed E-state index contributed by atoms with van der Waals surface area (Å²) in [6.45, 7) is 0. The quantitative estimate of drug-likeness (QED) is 0.170. The van der Waals surface area contributed by atoms with Crippen LogP contribution in [-0.4, -0.2) is 15.0 Å². The molecule has 2 aromatic heterocycles. The van der Waals surface area contributed by atoms with E-state index in [1.807, 2.05) is 12.3 Å². The molecule has 9 rings (SSSR count). The van der Waals surface area contributed by atoms with Crippen molar-refractivity contribution in [1.29, 1.82) is 0 Å². The van der Waals surface area contributed by atoms with Crippen LogP contribution < -0.4 is 0 Å². The van der Waals surface area contributed by atoms with E-state index in [9.17, 15) is 0 Å². The van der Waals surface area contributed by atoms with Crippen LogP contribution in [0.5, 0.6) is 0 Å². The third-order valence-corrected chi connectivity index (χ3v) is 9.50. The molecule has 3 heteroatoms. The van der Waals surface area contributed by atoms with Gasteiger partial charge in [0.25, 0.3) is 0 Å². The lowest BCUT2D eigenvalue weighted by Gasteiger charge is -2.14. The summed E-state index contributed by atoms with van der Waals surface area (Å²) in [4.78, 5) is 15.4. The minimum Gasteiger partial charge on any atom is -0.256 e. The predicted octanol–water partition coefficient (Wildman–Crippen LogP) is 12.7. The van der Waals surface area contributed by atoms with Crippen molar-refractivity contribution in [1.82, 2.24) is 15.0 Å². The molecule has 0 spiro atoms. The Labute approximate surface area is 303 Å². The van der Waals surface area contributed by atoms with E-state index in [1.165, 1.54) is 0 Å². The maximum absolute atomic E-state index is 5.32. The maximum atomic E-state index is 5.32. The summed E-state index contributed by atoms with van der Waals surface area (Å²) >= 11 is 0. The Kier molecular flexibility index (Phi) is 8.20. The first-order chi connectivity index (χ1) is 25.7. The third-order valence-electron chi connectivity index (χ3n) is 9.50. The van der Waals surface area contributed by atoms with Crippen molar-refractivity contribution in [2.24, 2.45) is 0 Å². The second kappa shape index (κ2) is 13.7. The molecule has 0 aliphatic rings. The van der Waals surface area contributed by atoms with Crippen LogP contribution in [0, 0.1) is 0 Å². The van der Waals surface area contributed by atoms with Crippen molar-refractivity contribution >= 4 is 10.8 Å². The molecule has 9 aromatic rings. The lowest BCUT2D eigenvalue weighted by Crippen LogP contribution is -1.97. The first kappa shape index (κ1) is 31.0. The van der Waals surface area contributed by atoms with Gasteiger partial charge in [-0.25, -0.2) is 9.97 Å². The SMILES string of the molecule is c1ccc(-c2cccc(-c3cc(-c4cc(-c5ccccc5)cc(-c5ccccc5)c4)nc(-c4cccc(-c5nccc6ccccc56)c4)n3)c2)cc1. The first-order valence-corrected chi connectivity index (χ1v) is 17.5. The average molecular weight is 664 g/mol. The molecule has 3 nitrogen and oxygen atoms in total. The van der Waals surface area contributed by atoms with Crippen LogP contribution in [0.2, 0.25) is 0 Å². The van der Waals surface area contributed by atoms with E-state index in [0.29, 0.717) is 5.82 Å². The topological polar surface area (TPSA) is 38.7 Å². The van der Waals surface area contributed by atoms with Gasteiger partial charge in [0, 0.05) is 33.8 Å². The van der Waals surface area contributed by atoms with Crippen molar-refractivity contribution in [3.05, 3.63) is 200 Å². The van der Waals surface area contributed by atoms with E-state index in [0.717, 1.165) is 83.5 Å². The fraction of sp³-hybridized carbons (Fsp3) is 0. The van der Waals surface area contributed by atoms with E-state index in [2.05, 4.69) is 188 Å². The van der Waals surface area contributed by atoms with Crippen LogP contribution in [0.4, 0.5) is 0 Å². The summed E-state index contributed by atoms with van der Waals surface area (Å²) in [5.74, 6) is 0.658. The molecular weight excluding hydrogens is 631 g/mol. The number of pyridine rings is 1. The molecule has 0 atom stereocenters. The summed E-state index contributed by atoms with van der Waals surface area (Å²) < 4.78 is 0. The van der Waals surface area contributed by atoms with Gasteiger partial charge in [-0.1, -0.05) is 152 Å². The number of fused-ring (bicyclic) bond motifs is 1. The highest BCUT2D eigenvalue weighted by atomic mass is 14.9. The third kappa shape index (κ3) is 6.28. The molecule has 2 heterocycles. The van der Waals surface area contributed by atoms with Crippen molar-refractivity contribution in [3.63, 3.8) is 0 Å². The highest BCUT2D eigenvalue weighted by molar-refractivity contribution is 5.95. The van der Waals surface area contributed by atoms with Gasteiger partial charge in [-0.05, 0) is 81.2 Å². The highest BCUT2D eigenvalue weighted by Gasteiger charge is 2.15. The number of hydrogen-bond donors (Lipinski definition) is 0. The van der Waals surface area contributed by atoms with Gasteiger partial charge in [0.1, 0.15) is 0 Å². The normalized spacial score (nSPS) is 11.1. The molecule has 0 saturated carbocycles. The Morgan fingerprint density at radius 3 is 1.42 bits per heavy atom. The van der Waals surface area contributed by atoms with Gasteiger partial charge in [-0.15, -0.1) is 0 Å². The molecule has 0 aliphatic heterocycles. The average Bonchev–Trinajstić information content (AvgIpc) is 3.24. The standard InChI is InChI=1S/C49H33N3/c1-4-14-34(15-5-1)38-21-12-22-39(28-38)46-33-47(44-31-42(35-16-6-2-7-17-35)30-43(32-44)36-18-8-3-9-19-36)52-49(51-46)41-24-13-23-40(29-41)48-45-25-11-10-20-37(45)26-27-50-48/h1-33H. The lowest BCUT2D eigenvalue weighted by atomic mass is 9.94. The van der Waals surface area contributed by atoms with Crippen molar-refractivity contribution < 1.29 is 0 Å². The van der Waals surface area contributed by atoms with Crippen molar-refractivity contribution in [2.45, 2.75) is 0 Å². The number of nitrogens with zero attached hydrogens (tertiary/aromatic N) is 3. The molecule has 244 valence electrons. The molecule has 0 fully saturated rings. The molecule has 7 aromatic carbocycles. The van der Waals surface area contributed by atoms with Crippen LogP contribution in [0.3, 0.4) is 0 Å². The number of hydrogen-bond acceptors (Lipinski definition) is 3. The molecule has 0 N–H and O–H groups in total. The second-order valence-electron chi connectivity index (χ2n) is 12.9. The minimum atomic E-state index is 0.658. The predicted molar refractivity (Wildman–Crippen MR) is 215 cm³/mol. The van der Waals surface area contributed by atoms with Crippen LogP contribution >= 0.6 is 0 Å². The minimum absolute atomic E-state index is 0.658. The van der Waals surface area contributed by atoms with Gasteiger partial charge < -0.3 is 0 Å². The summed E-state index contributed by atoms with van der Waals surface area (Å²) in [6.07, 6.45) is 1.88. The zero-order valence-corrected chi connectivity index (χ0v) is 28.4. The molecule has 0 radical (unpaired) electrons. The van der Waals surface area contributed by atoms with E-state index in [-0.39, 0.29) is 0 Å². The van der Waals surface area contributed by atoms with Crippen LogP contribution in [0.15, 0.2) is 200 Å². The Hall–Kier alpha value is -6.97.